The minimum absolute atomic E-state index is 0.0463. The summed E-state index contributed by atoms with van der Waals surface area (Å²) in [6.45, 7) is 2.55. The van der Waals surface area contributed by atoms with Gasteiger partial charge in [0.05, 0.1) is 36.3 Å². The van der Waals surface area contributed by atoms with Gasteiger partial charge < -0.3 is 5.11 Å². The number of carbonyl (C=O) groups is 2. The minimum Gasteiger partial charge on any atom is -0.478 e. The maximum atomic E-state index is 15.0. The fourth-order valence-electron chi connectivity index (χ4n) is 4.58. The Bertz CT molecular complexity index is 1380. The van der Waals surface area contributed by atoms with Gasteiger partial charge in [-0.15, -0.1) is 0 Å². The number of alkyl halides is 3. The Morgan fingerprint density at radius 3 is 2.14 bits per heavy atom. The van der Waals surface area contributed by atoms with Gasteiger partial charge in [0.2, 0.25) is 0 Å². The van der Waals surface area contributed by atoms with Gasteiger partial charge in [0.15, 0.2) is 6.04 Å². The van der Waals surface area contributed by atoms with E-state index in [1.54, 1.807) is 0 Å². The van der Waals surface area contributed by atoms with Crippen molar-refractivity contribution in [3.8, 4) is 0 Å². The van der Waals surface area contributed by atoms with Crippen molar-refractivity contribution in [3.63, 3.8) is 0 Å². The Kier molecular flexibility index (Phi) is 7.02. The molecule has 37 heavy (non-hydrogen) atoms. The van der Waals surface area contributed by atoms with E-state index in [4.69, 9.17) is 39.6 Å². The summed E-state index contributed by atoms with van der Waals surface area (Å²) < 4.78 is 43.7. The van der Waals surface area contributed by atoms with E-state index >= 15 is 13.2 Å². The van der Waals surface area contributed by atoms with E-state index in [9.17, 15) is 14.7 Å². The van der Waals surface area contributed by atoms with Crippen molar-refractivity contribution >= 4 is 52.6 Å². The minimum atomic E-state index is -5.06. The number of aryl methyl sites for hydroxylation is 1. The zero-order valence-corrected chi connectivity index (χ0v) is 21.5. The molecule has 4 rings (SSSR count). The van der Waals surface area contributed by atoms with E-state index in [2.05, 4.69) is 9.97 Å². The van der Waals surface area contributed by atoms with Crippen molar-refractivity contribution in [2.75, 3.05) is 0 Å². The average Bonchev–Trinajstić information content (AvgIpc) is 3.18. The van der Waals surface area contributed by atoms with Crippen molar-refractivity contribution in [3.05, 3.63) is 86.1 Å². The Hall–Kier alpha value is -2.76. The van der Waals surface area contributed by atoms with Crippen LogP contribution >= 0.6 is 34.8 Å². The number of hydrogen-bond donors (Lipinski definition) is 1. The largest absolute Gasteiger partial charge is 0.478 e. The van der Waals surface area contributed by atoms with Gasteiger partial charge in [0.25, 0.3) is 5.60 Å². The molecule has 2 heterocycles. The molecule has 1 amide bonds. The maximum absolute atomic E-state index is 15.0. The third-order valence-electron chi connectivity index (χ3n) is 6.24. The van der Waals surface area contributed by atoms with E-state index in [1.807, 2.05) is 0 Å². The normalized spacial score (nSPS) is 23.7. The summed E-state index contributed by atoms with van der Waals surface area (Å²) in [7, 11) is 0. The molecule has 0 saturated carbocycles. The van der Waals surface area contributed by atoms with E-state index in [-0.39, 0.29) is 37.7 Å². The molecule has 3 unspecified atom stereocenters. The number of carboxylic acids is 1. The number of halogens is 6. The maximum Gasteiger partial charge on any atom is 0.428 e. The molecule has 13 heteroatoms. The number of nitrogens with zero attached hydrogens (tertiary/aromatic N) is 3. The third kappa shape index (κ3) is 4.57. The van der Waals surface area contributed by atoms with Crippen LogP contribution in [0, 0.1) is 6.92 Å². The molecule has 3 atom stereocenters. The number of hydrogen-bond acceptors (Lipinski definition) is 5. The molecule has 0 spiro atoms. The fourth-order valence-corrected chi connectivity index (χ4v) is 5.20. The van der Waals surface area contributed by atoms with Gasteiger partial charge in [-0.1, -0.05) is 40.9 Å². The first-order valence-electron chi connectivity index (χ1n) is 10.7. The van der Waals surface area contributed by atoms with Crippen LogP contribution in [0.3, 0.4) is 0 Å². The Labute approximate surface area is 223 Å². The number of hydroxylamine groups is 2. The quantitative estimate of drug-likeness (QED) is 0.343. The first kappa shape index (κ1) is 27.3. The fraction of sp³-hybridized carbons (Fsp3) is 0.250. The van der Waals surface area contributed by atoms with Crippen molar-refractivity contribution in [2.24, 2.45) is 0 Å². The summed E-state index contributed by atoms with van der Waals surface area (Å²) in [6, 6.07) is 6.06. The van der Waals surface area contributed by atoms with Crippen molar-refractivity contribution in [2.45, 2.75) is 38.1 Å². The second-order valence-corrected chi connectivity index (χ2v) is 9.86. The molecule has 1 aromatic heterocycles. The highest BCUT2D eigenvalue weighted by Crippen LogP contribution is 2.59. The predicted molar refractivity (Wildman–Crippen MR) is 130 cm³/mol. The molecule has 1 fully saturated rings. The van der Waals surface area contributed by atoms with Crippen LogP contribution in [0.1, 0.15) is 46.4 Å². The van der Waals surface area contributed by atoms with Crippen LogP contribution in [-0.4, -0.2) is 33.1 Å². The predicted octanol–water partition coefficient (Wildman–Crippen LogP) is 6.83. The molecule has 0 bridgehead atoms. The molecule has 194 valence electrons. The van der Waals surface area contributed by atoms with Gasteiger partial charge in [-0.25, -0.2) is 9.59 Å². The summed E-state index contributed by atoms with van der Waals surface area (Å²) in [6.07, 6.45) is -3.59. The highest BCUT2D eigenvalue weighted by atomic mass is 35.5. The summed E-state index contributed by atoms with van der Waals surface area (Å²) in [5.41, 5.74) is -3.05. The lowest BCUT2D eigenvalue weighted by molar-refractivity contribution is -0.316. The van der Waals surface area contributed by atoms with Crippen LogP contribution in [0.15, 0.2) is 48.8 Å². The second-order valence-electron chi connectivity index (χ2n) is 8.55. The number of amides is 1. The lowest BCUT2D eigenvalue weighted by Gasteiger charge is -2.33. The molecule has 7 nitrogen and oxygen atoms in total. The number of rotatable bonds is 4. The summed E-state index contributed by atoms with van der Waals surface area (Å²) in [5, 5.41) is 9.38. The first-order valence-corrected chi connectivity index (χ1v) is 11.8. The zero-order chi connectivity index (χ0) is 27.3. The van der Waals surface area contributed by atoms with Crippen LogP contribution in [0.2, 0.25) is 15.1 Å². The van der Waals surface area contributed by atoms with Crippen LogP contribution in [0.25, 0.3) is 0 Å². The number of benzene rings is 2. The number of carbonyl (C=O) groups excluding carboxylic acids is 1. The summed E-state index contributed by atoms with van der Waals surface area (Å²) >= 11 is 18.0. The Balaban J connectivity index is 2.05. The van der Waals surface area contributed by atoms with Crippen LogP contribution in [-0.2, 0) is 15.2 Å². The van der Waals surface area contributed by atoms with Gasteiger partial charge >= 0.3 is 24.0 Å². The molecular formula is C24H18Cl3F3N3O4+. The van der Waals surface area contributed by atoms with Gasteiger partial charge in [-0.3, -0.25) is 0 Å². The molecule has 0 aliphatic carbocycles. The van der Waals surface area contributed by atoms with Crippen molar-refractivity contribution in [1.82, 2.24) is 14.6 Å². The third-order valence-corrected chi connectivity index (χ3v) is 6.88. The lowest BCUT2D eigenvalue weighted by atomic mass is 9.84. The average molecular weight is 576 g/mol. The standard InChI is InChI=1S/C24H17Cl3F3N3O4/c1-12-5-14(3-4-19(12)21(35)36)20-9-23(24(28,29)30,15-6-16(25)8-17(26)7-15)37-33(20,13(2)34)22-31-10-18(27)11-32-22/h3-8,10-11,20H,9H2,1-2H3/p+1. The molecular weight excluding hydrogens is 558 g/mol. The topological polar surface area (TPSA) is 89.4 Å². The summed E-state index contributed by atoms with van der Waals surface area (Å²) in [4.78, 5) is 38.8. The van der Waals surface area contributed by atoms with E-state index in [1.165, 1.54) is 31.2 Å². The molecule has 1 N–H and O–H groups in total. The van der Waals surface area contributed by atoms with E-state index in [0.717, 1.165) is 31.5 Å². The van der Waals surface area contributed by atoms with Gasteiger partial charge in [-0.2, -0.15) is 28.0 Å². The molecule has 1 saturated heterocycles. The zero-order valence-electron chi connectivity index (χ0n) is 19.2. The SMILES string of the molecule is CC(=O)[N+]1(c2ncc(Cl)cn2)OC(c2cc(Cl)cc(Cl)c2)(C(F)(F)F)CC1c1ccc(C(=O)O)c(C)c1. The number of aromatic carboxylic acids is 1. The highest BCUT2D eigenvalue weighted by Gasteiger charge is 2.74. The summed E-state index contributed by atoms with van der Waals surface area (Å²) in [5.74, 6) is -2.45. The second kappa shape index (κ2) is 9.52. The van der Waals surface area contributed by atoms with Gasteiger partial charge in [-0.05, 0) is 47.5 Å². The van der Waals surface area contributed by atoms with E-state index < -0.39 is 46.3 Å². The molecule has 1 aliphatic rings. The number of quaternary nitrogens is 1. The van der Waals surface area contributed by atoms with Gasteiger partial charge in [0, 0.05) is 21.2 Å². The molecule has 2 aromatic carbocycles. The molecule has 1 aliphatic heterocycles. The monoisotopic (exact) mass is 574 g/mol. The first-order chi connectivity index (χ1) is 17.2. The Morgan fingerprint density at radius 2 is 1.65 bits per heavy atom. The number of aromatic nitrogens is 2. The van der Waals surface area contributed by atoms with Crippen molar-refractivity contribution in [1.29, 1.82) is 0 Å². The molecule has 0 radical (unpaired) electrons. The highest BCUT2D eigenvalue weighted by molar-refractivity contribution is 6.34. The van der Waals surface area contributed by atoms with Crippen LogP contribution in [0.5, 0.6) is 0 Å². The van der Waals surface area contributed by atoms with Crippen molar-refractivity contribution < 1.29 is 32.7 Å². The van der Waals surface area contributed by atoms with Crippen LogP contribution < -0.4 is 4.65 Å². The lowest BCUT2D eigenvalue weighted by Crippen LogP contribution is -2.55. The number of carboxylic acid groups (broad SMARTS) is 1. The molecule has 3 aromatic rings. The van der Waals surface area contributed by atoms with Crippen LogP contribution in [0.4, 0.5) is 19.1 Å². The van der Waals surface area contributed by atoms with E-state index in [0.29, 0.717) is 0 Å². The van der Waals surface area contributed by atoms with Gasteiger partial charge in [0.1, 0.15) is 0 Å². The Morgan fingerprint density at radius 1 is 1.05 bits per heavy atom. The smallest absolute Gasteiger partial charge is 0.428 e.